The van der Waals surface area contributed by atoms with Crippen LogP contribution in [0.1, 0.15) is 28.8 Å². The van der Waals surface area contributed by atoms with Gasteiger partial charge in [0.2, 0.25) is 5.91 Å². The molecule has 7 heteroatoms. The van der Waals surface area contributed by atoms with Crippen molar-refractivity contribution in [3.05, 3.63) is 58.6 Å². The molecule has 1 aliphatic rings. The van der Waals surface area contributed by atoms with Crippen LogP contribution in [0.2, 0.25) is 5.02 Å². The third-order valence-corrected chi connectivity index (χ3v) is 5.45. The van der Waals surface area contributed by atoms with Gasteiger partial charge < -0.3 is 19.7 Å². The number of likely N-dealkylation sites (tertiary alicyclic amines) is 1. The van der Waals surface area contributed by atoms with E-state index in [0.717, 1.165) is 18.4 Å². The normalized spacial score (nSPS) is 16.2. The summed E-state index contributed by atoms with van der Waals surface area (Å²) in [5.41, 5.74) is 1.30. The van der Waals surface area contributed by atoms with Crippen molar-refractivity contribution in [2.24, 2.45) is 5.92 Å². The molecular formula is C22H25ClN2O4. The maximum atomic E-state index is 12.8. The number of rotatable bonds is 6. The van der Waals surface area contributed by atoms with E-state index in [1.165, 1.54) is 0 Å². The molecule has 1 N–H and O–H groups in total. The molecule has 2 aromatic carbocycles. The van der Waals surface area contributed by atoms with E-state index in [2.05, 4.69) is 5.32 Å². The van der Waals surface area contributed by atoms with Crippen LogP contribution in [0.3, 0.4) is 0 Å². The van der Waals surface area contributed by atoms with Crippen LogP contribution in [0, 0.1) is 5.92 Å². The highest BCUT2D eigenvalue weighted by molar-refractivity contribution is 6.33. The van der Waals surface area contributed by atoms with E-state index in [1.54, 1.807) is 43.4 Å². The number of hydrogen-bond acceptors (Lipinski definition) is 4. The summed E-state index contributed by atoms with van der Waals surface area (Å²) < 4.78 is 10.6. The molecule has 1 saturated heterocycles. The van der Waals surface area contributed by atoms with Gasteiger partial charge in [0.1, 0.15) is 11.5 Å². The van der Waals surface area contributed by atoms with E-state index in [-0.39, 0.29) is 17.7 Å². The van der Waals surface area contributed by atoms with Crippen molar-refractivity contribution in [2.75, 3.05) is 27.3 Å². The van der Waals surface area contributed by atoms with Crippen molar-refractivity contribution < 1.29 is 19.1 Å². The van der Waals surface area contributed by atoms with Crippen molar-refractivity contribution >= 4 is 23.4 Å². The quantitative estimate of drug-likeness (QED) is 0.782. The minimum atomic E-state index is -0.258. The van der Waals surface area contributed by atoms with Gasteiger partial charge in [0.15, 0.2) is 0 Å². The van der Waals surface area contributed by atoms with Crippen LogP contribution in [-0.4, -0.2) is 44.0 Å². The predicted octanol–water partition coefficient (Wildman–Crippen LogP) is 3.53. The SMILES string of the molecule is COc1ccc(OC)c(CNC(=O)C2CCCN(C(=O)c3ccccc3Cl)C2)c1. The minimum absolute atomic E-state index is 0.0773. The second-order valence-corrected chi connectivity index (χ2v) is 7.37. The van der Waals surface area contributed by atoms with E-state index in [1.807, 2.05) is 18.2 Å². The summed E-state index contributed by atoms with van der Waals surface area (Å²) in [7, 11) is 3.18. The fraction of sp³-hybridized carbons (Fsp3) is 0.364. The van der Waals surface area contributed by atoms with Crippen LogP contribution < -0.4 is 14.8 Å². The Kier molecular flexibility index (Phi) is 6.99. The molecule has 29 heavy (non-hydrogen) atoms. The lowest BCUT2D eigenvalue weighted by Crippen LogP contribution is -2.45. The number of nitrogens with one attached hydrogen (secondary N) is 1. The number of amides is 2. The standard InChI is InChI=1S/C22H25ClN2O4/c1-28-17-9-10-20(29-2)16(12-17)13-24-21(26)15-6-5-11-25(14-15)22(27)18-7-3-4-8-19(18)23/h3-4,7-10,12,15H,5-6,11,13-14H2,1-2H3,(H,24,26). The molecule has 0 saturated carbocycles. The molecule has 0 radical (unpaired) electrons. The van der Waals surface area contributed by atoms with Gasteiger partial charge in [0.25, 0.3) is 5.91 Å². The molecule has 0 spiro atoms. The first-order valence-corrected chi connectivity index (χ1v) is 9.93. The number of piperidine rings is 1. The van der Waals surface area contributed by atoms with Crippen LogP contribution in [0.15, 0.2) is 42.5 Å². The van der Waals surface area contributed by atoms with Crippen molar-refractivity contribution in [1.29, 1.82) is 0 Å². The number of ether oxygens (including phenoxy) is 2. The Labute approximate surface area is 175 Å². The Hall–Kier alpha value is -2.73. The van der Waals surface area contributed by atoms with Gasteiger partial charge in [-0.25, -0.2) is 0 Å². The summed E-state index contributed by atoms with van der Waals surface area (Å²) in [6, 6.07) is 12.4. The zero-order valence-electron chi connectivity index (χ0n) is 16.6. The van der Waals surface area contributed by atoms with E-state index < -0.39 is 0 Å². The third-order valence-electron chi connectivity index (χ3n) is 5.12. The number of hydrogen-bond donors (Lipinski definition) is 1. The molecule has 3 rings (SSSR count). The highest BCUT2D eigenvalue weighted by Gasteiger charge is 2.29. The van der Waals surface area contributed by atoms with Crippen molar-refractivity contribution in [2.45, 2.75) is 19.4 Å². The van der Waals surface area contributed by atoms with E-state index in [0.29, 0.717) is 41.7 Å². The number of halogens is 1. The van der Waals surface area contributed by atoms with Crippen LogP contribution in [0.25, 0.3) is 0 Å². The summed E-state index contributed by atoms with van der Waals surface area (Å²) in [5, 5.41) is 3.39. The van der Waals surface area contributed by atoms with Gasteiger partial charge in [0.05, 0.1) is 30.7 Å². The molecule has 154 valence electrons. The Morgan fingerprint density at radius 3 is 2.69 bits per heavy atom. The lowest BCUT2D eigenvalue weighted by molar-refractivity contribution is -0.126. The molecule has 0 aromatic heterocycles. The fourth-order valence-corrected chi connectivity index (χ4v) is 3.74. The lowest BCUT2D eigenvalue weighted by Gasteiger charge is -2.32. The maximum absolute atomic E-state index is 12.8. The van der Waals surface area contributed by atoms with Crippen LogP contribution in [-0.2, 0) is 11.3 Å². The number of nitrogens with zero attached hydrogens (tertiary/aromatic N) is 1. The summed E-state index contributed by atoms with van der Waals surface area (Å²) in [4.78, 5) is 27.3. The smallest absolute Gasteiger partial charge is 0.255 e. The van der Waals surface area contributed by atoms with E-state index in [9.17, 15) is 9.59 Å². The largest absolute Gasteiger partial charge is 0.497 e. The molecule has 1 heterocycles. The van der Waals surface area contributed by atoms with Crippen molar-refractivity contribution in [3.8, 4) is 11.5 Å². The third kappa shape index (κ3) is 5.01. The molecule has 2 amide bonds. The molecule has 2 aromatic rings. The maximum Gasteiger partial charge on any atom is 0.255 e. The molecular weight excluding hydrogens is 392 g/mol. The molecule has 1 unspecified atom stereocenters. The number of methoxy groups -OCH3 is 2. The van der Waals surface area contributed by atoms with Gasteiger partial charge in [0, 0.05) is 25.2 Å². The van der Waals surface area contributed by atoms with Crippen LogP contribution >= 0.6 is 11.6 Å². The highest BCUT2D eigenvalue weighted by Crippen LogP contribution is 2.25. The first-order chi connectivity index (χ1) is 14.0. The van der Waals surface area contributed by atoms with Gasteiger partial charge in [-0.1, -0.05) is 23.7 Å². The molecule has 1 fully saturated rings. The Morgan fingerprint density at radius 1 is 1.17 bits per heavy atom. The van der Waals surface area contributed by atoms with Gasteiger partial charge in [-0.2, -0.15) is 0 Å². The monoisotopic (exact) mass is 416 g/mol. The zero-order valence-corrected chi connectivity index (χ0v) is 17.4. The summed E-state index contributed by atoms with van der Waals surface area (Å²) in [5.74, 6) is 0.912. The molecule has 1 aliphatic heterocycles. The Balaban J connectivity index is 1.63. The summed E-state index contributed by atoms with van der Waals surface area (Å²) in [6.45, 7) is 1.33. The highest BCUT2D eigenvalue weighted by atomic mass is 35.5. The second kappa shape index (κ2) is 9.65. The van der Waals surface area contributed by atoms with E-state index in [4.69, 9.17) is 21.1 Å². The average molecular weight is 417 g/mol. The number of carbonyl (C=O) groups excluding carboxylic acids is 2. The minimum Gasteiger partial charge on any atom is -0.497 e. The van der Waals surface area contributed by atoms with Crippen LogP contribution in [0.4, 0.5) is 0 Å². The Morgan fingerprint density at radius 2 is 1.97 bits per heavy atom. The zero-order chi connectivity index (χ0) is 20.8. The van der Waals surface area contributed by atoms with Gasteiger partial charge in [-0.15, -0.1) is 0 Å². The van der Waals surface area contributed by atoms with Crippen LogP contribution in [0.5, 0.6) is 11.5 Å². The first kappa shape index (κ1) is 21.0. The molecule has 1 atom stereocenters. The van der Waals surface area contributed by atoms with Crippen molar-refractivity contribution in [1.82, 2.24) is 10.2 Å². The fourth-order valence-electron chi connectivity index (χ4n) is 3.53. The molecule has 6 nitrogen and oxygen atoms in total. The molecule has 0 aliphatic carbocycles. The predicted molar refractivity (Wildman–Crippen MR) is 111 cm³/mol. The lowest BCUT2D eigenvalue weighted by atomic mass is 9.96. The van der Waals surface area contributed by atoms with E-state index >= 15 is 0 Å². The average Bonchev–Trinajstić information content (AvgIpc) is 2.77. The van der Waals surface area contributed by atoms with Gasteiger partial charge in [-0.05, 0) is 43.2 Å². The van der Waals surface area contributed by atoms with Gasteiger partial charge in [-0.3, -0.25) is 9.59 Å². The Bertz CT molecular complexity index is 887. The number of benzene rings is 2. The summed E-state index contributed by atoms with van der Waals surface area (Å²) >= 11 is 6.16. The van der Waals surface area contributed by atoms with Crippen molar-refractivity contribution in [3.63, 3.8) is 0 Å². The summed E-state index contributed by atoms with van der Waals surface area (Å²) in [6.07, 6.45) is 1.52. The second-order valence-electron chi connectivity index (χ2n) is 6.97. The number of carbonyl (C=O) groups is 2. The first-order valence-electron chi connectivity index (χ1n) is 9.56. The molecule has 0 bridgehead atoms. The van der Waals surface area contributed by atoms with Gasteiger partial charge >= 0.3 is 0 Å². The topological polar surface area (TPSA) is 67.9 Å².